The fourth-order valence-electron chi connectivity index (χ4n) is 2.96. The van der Waals surface area contributed by atoms with Gasteiger partial charge in [0.25, 0.3) is 5.91 Å². The average molecular weight is 528 g/mol. The molecule has 0 saturated heterocycles. The second kappa shape index (κ2) is 11.1. The highest BCUT2D eigenvalue weighted by Crippen LogP contribution is 2.29. The van der Waals surface area contributed by atoms with Gasteiger partial charge in [0.15, 0.2) is 0 Å². The van der Waals surface area contributed by atoms with Crippen molar-refractivity contribution >= 4 is 56.4 Å². The Bertz CT molecular complexity index is 1230. The van der Waals surface area contributed by atoms with E-state index in [1.807, 2.05) is 6.07 Å². The van der Waals surface area contributed by atoms with E-state index in [0.29, 0.717) is 39.2 Å². The number of amides is 1. The van der Waals surface area contributed by atoms with Crippen LogP contribution in [0, 0.1) is 0 Å². The van der Waals surface area contributed by atoms with Gasteiger partial charge < -0.3 is 10.1 Å². The van der Waals surface area contributed by atoms with Crippen LogP contribution in [-0.4, -0.2) is 33.7 Å². The van der Waals surface area contributed by atoms with Crippen molar-refractivity contribution in [1.29, 1.82) is 0 Å². The minimum Gasteiger partial charge on any atom is -0.490 e. The van der Waals surface area contributed by atoms with Gasteiger partial charge in [0.1, 0.15) is 12.4 Å². The van der Waals surface area contributed by atoms with Crippen LogP contribution < -0.4 is 14.4 Å². The Morgan fingerprint density at radius 2 is 1.64 bits per heavy atom. The van der Waals surface area contributed by atoms with Crippen molar-refractivity contribution in [3.05, 3.63) is 92.9 Å². The molecule has 0 fully saturated rings. The number of sulfonamides is 1. The maximum Gasteiger partial charge on any atom is 0.251 e. The second-order valence-corrected chi connectivity index (χ2v) is 10.2. The third-order valence-electron chi connectivity index (χ3n) is 4.62. The lowest BCUT2D eigenvalue weighted by atomic mass is 10.1. The van der Waals surface area contributed by atoms with Crippen molar-refractivity contribution in [1.82, 2.24) is 5.32 Å². The van der Waals surface area contributed by atoms with E-state index in [2.05, 4.69) is 5.32 Å². The summed E-state index contributed by atoms with van der Waals surface area (Å²) in [5.74, 6) is 0.281. The van der Waals surface area contributed by atoms with Crippen LogP contribution in [0.5, 0.6) is 5.75 Å². The topological polar surface area (TPSA) is 75.7 Å². The maximum absolute atomic E-state index is 12.4. The number of carbonyl (C=O) groups excluding carboxylic acids is 1. The van der Waals surface area contributed by atoms with E-state index < -0.39 is 10.0 Å². The molecule has 6 nitrogen and oxygen atoms in total. The smallest absolute Gasteiger partial charge is 0.251 e. The number of hydrogen-bond donors (Lipinski definition) is 1. The van der Waals surface area contributed by atoms with E-state index in [1.165, 1.54) is 10.4 Å². The van der Waals surface area contributed by atoms with Crippen molar-refractivity contribution in [3.63, 3.8) is 0 Å². The molecule has 0 aliphatic heterocycles. The van der Waals surface area contributed by atoms with Gasteiger partial charge in [-0.25, -0.2) is 8.42 Å². The molecule has 0 bridgehead atoms. The molecule has 3 aromatic carbocycles. The number of halogens is 3. The van der Waals surface area contributed by atoms with Crippen LogP contribution >= 0.6 is 34.8 Å². The number of nitrogens with one attached hydrogen (secondary N) is 1. The van der Waals surface area contributed by atoms with Crippen molar-refractivity contribution < 1.29 is 17.9 Å². The summed E-state index contributed by atoms with van der Waals surface area (Å²) in [5, 5.41) is 3.87. The van der Waals surface area contributed by atoms with Crippen molar-refractivity contribution in [3.8, 4) is 5.75 Å². The summed E-state index contributed by atoms with van der Waals surface area (Å²) >= 11 is 18.0. The lowest BCUT2D eigenvalue weighted by Crippen LogP contribution is -2.29. The third-order valence-corrected chi connectivity index (χ3v) is 6.81. The SMILES string of the molecule is CS(=O)(=O)N(Cc1ccc(C(=O)NCCOc2ccccc2Cl)cc1)c1ccc(Cl)c(Cl)c1. The summed E-state index contributed by atoms with van der Waals surface area (Å²) in [6.07, 6.45) is 1.11. The third kappa shape index (κ3) is 7.01. The van der Waals surface area contributed by atoms with Crippen molar-refractivity contribution in [2.75, 3.05) is 23.7 Å². The summed E-state index contributed by atoms with van der Waals surface area (Å²) < 4.78 is 31.5. The lowest BCUT2D eigenvalue weighted by molar-refractivity contribution is 0.0947. The van der Waals surface area contributed by atoms with Gasteiger partial charge in [-0.05, 0) is 48.0 Å². The number of ether oxygens (including phenoxy) is 1. The highest BCUT2D eigenvalue weighted by molar-refractivity contribution is 7.92. The Morgan fingerprint density at radius 1 is 0.939 bits per heavy atom. The molecule has 0 atom stereocenters. The van der Waals surface area contributed by atoms with Gasteiger partial charge in [0.05, 0.1) is 40.1 Å². The molecular formula is C23H21Cl3N2O4S. The number of hydrogen-bond acceptors (Lipinski definition) is 4. The van der Waals surface area contributed by atoms with Gasteiger partial charge in [-0.1, -0.05) is 59.1 Å². The van der Waals surface area contributed by atoms with Gasteiger partial charge in [0.2, 0.25) is 10.0 Å². The van der Waals surface area contributed by atoms with Crippen LogP contribution in [-0.2, 0) is 16.6 Å². The maximum atomic E-state index is 12.4. The quantitative estimate of drug-likeness (QED) is 0.377. The number of para-hydroxylation sites is 1. The molecule has 0 radical (unpaired) electrons. The predicted octanol–water partition coefficient (Wildman–Crippen LogP) is 5.42. The van der Waals surface area contributed by atoms with Crippen LogP contribution in [0.1, 0.15) is 15.9 Å². The molecule has 1 amide bonds. The standard InChI is InChI=1S/C23H21Cl3N2O4S/c1-33(30,31)28(18-10-11-19(24)21(26)14-18)15-16-6-8-17(9-7-16)23(29)27-12-13-32-22-5-3-2-4-20(22)25/h2-11,14H,12-13,15H2,1H3,(H,27,29). The summed E-state index contributed by atoms with van der Waals surface area (Å²) in [7, 11) is -3.58. The zero-order valence-electron chi connectivity index (χ0n) is 17.6. The predicted molar refractivity (Wildman–Crippen MR) is 133 cm³/mol. The van der Waals surface area contributed by atoms with Crippen LogP contribution in [0.15, 0.2) is 66.7 Å². The first-order valence-electron chi connectivity index (χ1n) is 9.82. The van der Waals surface area contributed by atoms with Gasteiger partial charge >= 0.3 is 0 Å². The molecule has 3 rings (SSSR count). The zero-order chi connectivity index (χ0) is 24.0. The molecule has 0 aliphatic carbocycles. The molecule has 10 heteroatoms. The minimum atomic E-state index is -3.58. The largest absolute Gasteiger partial charge is 0.490 e. The van der Waals surface area contributed by atoms with Gasteiger partial charge in [-0.15, -0.1) is 0 Å². The lowest BCUT2D eigenvalue weighted by Gasteiger charge is -2.23. The summed E-state index contributed by atoms with van der Waals surface area (Å²) in [6.45, 7) is 0.635. The fraction of sp³-hybridized carbons (Fsp3) is 0.174. The highest BCUT2D eigenvalue weighted by atomic mass is 35.5. The van der Waals surface area contributed by atoms with Crippen molar-refractivity contribution in [2.45, 2.75) is 6.54 Å². The molecule has 174 valence electrons. The number of carbonyl (C=O) groups is 1. The van der Waals surface area contributed by atoms with E-state index in [9.17, 15) is 13.2 Å². The van der Waals surface area contributed by atoms with E-state index >= 15 is 0 Å². The minimum absolute atomic E-state index is 0.0738. The summed E-state index contributed by atoms with van der Waals surface area (Å²) in [6, 6.07) is 18.4. The first-order valence-corrected chi connectivity index (χ1v) is 12.8. The normalized spacial score (nSPS) is 11.2. The van der Waals surface area contributed by atoms with Crippen LogP contribution in [0.3, 0.4) is 0 Å². The molecular weight excluding hydrogens is 507 g/mol. The molecule has 1 N–H and O–H groups in total. The monoisotopic (exact) mass is 526 g/mol. The molecule has 0 aliphatic rings. The number of anilines is 1. The molecule has 0 heterocycles. The van der Waals surface area contributed by atoms with Crippen LogP contribution in [0.25, 0.3) is 0 Å². The molecule has 3 aromatic rings. The average Bonchev–Trinajstić information content (AvgIpc) is 2.77. The Kier molecular flexibility index (Phi) is 8.48. The number of benzene rings is 3. The Labute approximate surface area is 208 Å². The fourth-order valence-corrected chi connectivity index (χ4v) is 4.32. The number of rotatable bonds is 9. The van der Waals surface area contributed by atoms with Crippen LogP contribution in [0.4, 0.5) is 5.69 Å². The van der Waals surface area contributed by atoms with E-state index in [0.717, 1.165) is 6.26 Å². The Hall–Kier alpha value is -2.45. The first kappa shape index (κ1) is 25.2. The molecule has 0 saturated carbocycles. The summed E-state index contributed by atoms with van der Waals surface area (Å²) in [5.41, 5.74) is 1.54. The van der Waals surface area contributed by atoms with E-state index in [4.69, 9.17) is 39.5 Å². The number of nitrogens with zero attached hydrogens (tertiary/aromatic N) is 1. The summed E-state index contributed by atoms with van der Waals surface area (Å²) in [4.78, 5) is 12.4. The van der Waals surface area contributed by atoms with Gasteiger partial charge in [0, 0.05) is 5.56 Å². The zero-order valence-corrected chi connectivity index (χ0v) is 20.7. The highest BCUT2D eigenvalue weighted by Gasteiger charge is 2.19. The molecule has 0 spiro atoms. The van der Waals surface area contributed by atoms with Gasteiger partial charge in [-0.2, -0.15) is 0 Å². The Morgan fingerprint density at radius 3 is 2.27 bits per heavy atom. The second-order valence-electron chi connectivity index (χ2n) is 7.10. The van der Waals surface area contributed by atoms with Crippen LogP contribution in [0.2, 0.25) is 15.1 Å². The van der Waals surface area contributed by atoms with E-state index in [-0.39, 0.29) is 24.1 Å². The van der Waals surface area contributed by atoms with Gasteiger partial charge in [-0.3, -0.25) is 9.10 Å². The first-order chi connectivity index (χ1) is 15.6. The Balaban J connectivity index is 1.60. The molecule has 33 heavy (non-hydrogen) atoms. The van der Waals surface area contributed by atoms with Crippen molar-refractivity contribution in [2.24, 2.45) is 0 Å². The molecule has 0 unspecified atom stereocenters. The molecule has 0 aromatic heterocycles. The van der Waals surface area contributed by atoms with E-state index in [1.54, 1.807) is 54.6 Å².